The van der Waals surface area contributed by atoms with Crippen LogP contribution < -0.4 is 0 Å². The van der Waals surface area contributed by atoms with Gasteiger partial charge in [-0.3, -0.25) is 4.79 Å². The van der Waals surface area contributed by atoms with Crippen molar-refractivity contribution in [3.05, 3.63) is 0 Å². The van der Waals surface area contributed by atoms with E-state index in [0.717, 1.165) is 6.92 Å². The van der Waals surface area contributed by atoms with Crippen LogP contribution in [-0.4, -0.2) is 32.2 Å². The number of aliphatic carboxylic acids is 2. The van der Waals surface area contributed by atoms with E-state index >= 15 is 0 Å². The zero-order valence-corrected chi connectivity index (χ0v) is 7.82. The average molecular weight is 209 g/mol. The number of carbonyl (C=O) groups is 2. The summed E-state index contributed by atoms with van der Waals surface area (Å²) in [6, 6.07) is 0. The summed E-state index contributed by atoms with van der Waals surface area (Å²) in [6.07, 6.45) is -0.798. The van der Waals surface area contributed by atoms with Gasteiger partial charge in [0.05, 0.1) is 6.42 Å². The Morgan fingerprint density at radius 1 is 1.38 bits per heavy atom. The highest BCUT2D eigenvalue weighted by molar-refractivity contribution is 7.41. The van der Waals surface area contributed by atoms with E-state index in [-0.39, 0.29) is 6.42 Å². The lowest BCUT2D eigenvalue weighted by Gasteiger charge is -2.08. The highest BCUT2D eigenvalue weighted by atomic mass is 31.1. The topological polar surface area (TPSA) is 112 Å². The maximum Gasteiger partial charge on any atom is 0.523 e. The van der Waals surface area contributed by atoms with Gasteiger partial charge in [0.2, 0.25) is 0 Å². The standard InChI is InChI=1S/C6H9O6P/c1-6(5(9)10,13(11)12)3-2-4(7)8/h2-3H2,1H3,(H2-,7,8,9,10,11,12)/p+1. The molecule has 0 rings (SSSR count). The molecule has 0 aliphatic heterocycles. The molecule has 3 N–H and O–H groups in total. The smallest absolute Gasteiger partial charge is 0.481 e. The summed E-state index contributed by atoms with van der Waals surface area (Å²) in [5.74, 6) is -2.65. The molecule has 0 spiro atoms. The van der Waals surface area contributed by atoms with Gasteiger partial charge in [0, 0.05) is 6.42 Å². The maximum absolute atomic E-state index is 10.6. The molecule has 0 heterocycles. The van der Waals surface area contributed by atoms with Crippen LogP contribution in [0.3, 0.4) is 0 Å². The number of carboxylic acids is 2. The molecule has 0 radical (unpaired) electrons. The Morgan fingerprint density at radius 3 is 2.08 bits per heavy atom. The highest BCUT2D eigenvalue weighted by Gasteiger charge is 2.52. The molecule has 0 bridgehead atoms. The van der Waals surface area contributed by atoms with Gasteiger partial charge in [-0.05, 0) is 11.5 Å². The lowest BCUT2D eigenvalue weighted by Crippen LogP contribution is -2.31. The van der Waals surface area contributed by atoms with Crippen molar-refractivity contribution < 1.29 is 29.3 Å². The van der Waals surface area contributed by atoms with Crippen LogP contribution >= 0.6 is 8.03 Å². The summed E-state index contributed by atoms with van der Waals surface area (Å²) in [6.45, 7) is 1.05. The zero-order valence-electron chi connectivity index (χ0n) is 6.93. The predicted octanol–water partition coefficient (Wildman–Crippen LogP) is 0.429. The third-order valence-electron chi connectivity index (χ3n) is 1.71. The van der Waals surface area contributed by atoms with Crippen LogP contribution in [0.1, 0.15) is 19.8 Å². The molecule has 0 saturated carbocycles. The number of hydrogen-bond acceptors (Lipinski definition) is 3. The van der Waals surface area contributed by atoms with Crippen molar-refractivity contribution >= 4 is 20.0 Å². The molecule has 0 saturated heterocycles. The van der Waals surface area contributed by atoms with Crippen LogP contribution in [0.2, 0.25) is 0 Å². The van der Waals surface area contributed by atoms with Gasteiger partial charge >= 0.3 is 20.0 Å². The first kappa shape index (κ1) is 12.0. The number of carboxylic acid groups (broad SMARTS) is 2. The molecule has 0 fully saturated rings. The van der Waals surface area contributed by atoms with Gasteiger partial charge in [0.1, 0.15) is 0 Å². The fourth-order valence-corrected chi connectivity index (χ4v) is 1.10. The lowest BCUT2D eigenvalue weighted by molar-refractivity contribution is -0.141. The second kappa shape index (κ2) is 4.30. The first-order valence-corrected chi connectivity index (χ1v) is 4.63. The molecule has 13 heavy (non-hydrogen) atoms. The van der Waals surface area contributed by atoms with E-state index in [1.807, 2.05) is 0 Å². The normalized spacial score (nSPS) is 16.0. The minimum absolute atomic E-state index is 0.358. The monoisotopic (exact) mass is 209 g/mol. The Balaban J connectivity index is 4.52. The second-order valence-electron chi connectivity index (χ2n) is 2.75. The Labute approximate surface area is 75.1 Å². The molecule has 0 aliphatic rings. The molecule has 0 aromatic carbocycles. The molecule has 0 aliphatic carbocycles. The van der Waals surface area contributed by atoms with E-state index < -0.39 is 31.5 Å². The molecular weight excluding hydrogens is 199 g/mol. The summed E-state index contributed by atoms with van der Waals surface area (Å²) in [5, 5.41) is 15.0. The fraction of sp³-hybridized carbons (Fsp3) is 0.667. The molecule has 0 aromatic heterocycles. The molecule has 2 unspecified atom stereocenters. The molecule has 0 amide bonds. The van der Waals surface area contributed by atoms with Crippen molar-refractivity contribution in [1.29, 1.82) is 0 Å². The quantitative estimate of drug-likeness (QED) is 0.566. The summed E-state index contributed by atoms with van der Waals surface area (Å²) in [5.41, 5.74) is 0. The van der Waals surface area contributed by atoms with Gasteiger partial charge in [-0.1, -0.05) is 0 Å². The van der Waals surface area contributed by atoms with Gasteiger partial charge in [-0.15, -0.1) is 0 Å². The minimum Gasteiger partial charge on any atom is -0.481 e. The van der Waals surface area contributed by atoms with Crippen LogP contribution in [0.5, 0.6) is 0 Å². The molecule has 2 atom stereocenters. The summed E-state index contributed by atoms with van der Waals surface area (Å²) < 4.78 is 10.6. The van der Waals surface area contributed by atoms with Crippen LogP contribution in [0.15, 0.2) is 0 Å². The van der Waals surface area contributed by atoms with Crippen molar-refractivity contribution in [1.82, 2.24) is 0 Å². The first-order valence-electron chi connectivity index (χ1n) is 3.42. The largest absolute Gasteiger partial charge is 0.523 e. The molecule has 0 aromatic rings. The van der Waals surface area contributed by atoms with E-state index in [1.165, 1.54) is 0 Å². The van der Waals surface area contributed by atoms with Crippen LogP contribution in [0.25, 0.3) is 0 Å². The highest BCUT2D eigenvalue weighted by Crippen LogP contribution is 2.39. The summed E-state index contributed by atoms with van der Waals surface area (Å²) in [4.78, 5) is 29.4. The van der Waals surface area contributed by atoms with Gasteiger partial charge in [-0.2, -0.15) is 4.89 Å². The van der Waals surface area contributed by atoms with E-state index in [2.05, 4.69) is 0 Å². The Morgan fingerprint density at radius 2 is 1.85 bits per heavy atom. The Kier molecular flexibility index (Phi) is 3.97. The Hall–Kier alpha value is -1.00. The van der Waals surface area contributed by atoms with E-state index in [0.29, 0.717) is 0 Å². The van der Waals surface area contributed by atoms with E-state index in [9.17, 15) is 14.2 Å². The first-order chi connectivity index (χ1) is 5.80. The third-order valence-corrected chi connectivity index (χ3v) is 2.97. The van der Waals surface area contributed by atoms with Crippen molar-refractivity contribution in [3.63, 3.8) is 0 Å². The number of hydrogen-bond donors (Lipinski definition) is 3. The van der Waals surface area contributed by atoms with Crippen molar-refractivity contribution in [3.8, 4) is 0 Å². The van der Waals surface area contributed by atoms with Gasteiger partial charge in [-0.25, -0.2) is 4.79 Å². The van der Waals surface area contributed by atoms with Gasteiger partial charge < -0.3 is 10.2 Å². The maximum atomic E-state index is 10.6. The van der Waals surface area contributed by atoms with Crippen LogP contribution in [-0.2, 0) is 14.2 Å². The predicted molar refractivity (Wildman–Crippen MR) is 42.7 cm³/mol. The second-order valence-corrected chi connectivity index (χ2v) is 4.28. The summed E-state index contributed by atoms with van der Waals surface area (Å²) in [7, 11) is -2.93. The van der Waals surface area contributed by atoms with Gasteiger partial charge in [0.15, 0.2) is 0 Å². The van der Waals surface area contributed by atoms with Crippen molar-refractivity contribution in [2.24, 2.45) is 0 Å². The van der Waals surface area contributed by atoms with Gasteiger partial charge in [0.25, 0.3) is 5.16 Å². The Bertz CT molecular complexity index is 234. The number of rotatable bonds is 5. The molecule has 74 valence electrons. The fourth-order valence-electron chi connectivity index (χ4n) is 0.635. The van der Waals surface area contributed by atoms with Crippen molar-refractivity contribution in [2.75, 3.05) is 0 Å². The van der Waals surface area contributed by atoms with Crippen LogP contribution in [0.4, 0.5) is 0 Å². The zero-order chi connectivity index (χ0) is 10.6. The summed E-state index contributed by atoms with van der Waals surface area (Å²) >= 11 is 0. The van der Waals surface area contributed by atoms with E-state index in [4.69, 9.17) is 15.1 Å². The van der Waals surface area contributed by atoms with Crippen LogP contribution in [0, 0.1) is 0 Å². The van der Waals surface area contributed by atoms with E-state index in [1.54, 1.807) is 0 Å². The third kappa shape index (κ3) is 3.08. The SMILES string of the molecule is CC(CCC(=O)O)(C(=O)O)[P+](=O)O. The lowest BCUT2D eigenvalue weighted by atomic mass is 10.1. The molecule has 7 heteroatoms. The average Bonchev–Trinajstić information content (AvgIpc) is 1.99. The van der Waals surface area contributed by atoms with Crippen molar-refractivity contribution in [2.45, 2.75) is 24.9 Å². The minimum atomic E-state index is -2.93. The molecular formula is C6H10O6P+. The molecule has 6 nitrogen and oxygen atoms in total.